The normalized spacial score (nSPS) is 10.4. The van der Waals surface area contributed by atoms with Crippen LogP contribution in [0.2, 0.25) is 0 Å². The Morgan fingerprint density at radius 3 is 2.40 bits per heavy atom. The molecule has 0 fully saturated rings. The highest BCUT2D eigenvalue weighted by atomic mass is 16.5. The molecule has 1 aromatic heterocycles. The monoisotopic (exact) mass is 266 g/mol. The Kier molecular flexibility index (Phi) is 3.37. The molecule has 0 saturated carbocycles. The Morgan fingerprint density at radius 1 is 0.850 bits per heavy atom. The van der Waals surface area contributed by atoms with Crippen molar-refractivity contribution in [1.82, 2.24) is 10.2 Å². The van der Waals surface area contributed by atoms with Crippen LogP contribution >= 0.6 is 0 Å². The summed E-state index contributed by atoms with van der Waals surface area (Å²) in [5.41, 5.74) is 2.82. The van der Waals surface area contributed by atoms with Gasteiger partial charge in [-0.2, -0.15) is 0 Å². The summed E-state index contributed by atoms with van der Waals surface area (Å²) < 4.78 is 5.68. The molecule has 2 aromatic carbocycles. The summed E-state index contributed by atoms with van der Waals surface area (Å²) >= 11 is 0. The molecule has 4 nitrogen and oxygen atoms in total. The molecule has 1 heterocycles. The van der Waals surface area contributed by atoms with Gasteiger partial charge in [0.1, 0.15) is 12.4 Å². The quantitative estimate of drug-likeness (QED) is 0.762. The van der Waals surface area contributed by atoms with Crippen molar-refractivity contribution in [3.8, 4) is 16.9 Å². The Morgan fingerprint density at radius 2 is 1.65 bits per heavy atom. The third-order valence-electron chi connectivity index (χ3n) is 2.99. The summed E-state index contributed by atoms with van der Waals surface area (Å²) in [7, 11) is 0. The molecule has 0 radical (unpaired) electrons. The van der Waals surface area contributed by atoms with E-state index >= 15 is 0 Å². The van der Waals surface area contributed by atoms with E-state index in [4.69, 9.17) is 4.74 Å². The van der Waals surface area contributed by atoms with Crippen LogP contribution < -0.4 is 10.3 Å². The molecule has 4 heteroatoms. The predicted octanol–water partition coefficient (Wildman–Crippen LogP) is 2.95. The van der Waals surface area contributed by atoms with Crippen LogP contribution in [0.1, 0.15) is 5.69 Å². The number of benzene rings is 2. The molecule has 100 valence electrons. The largest absolute Gasteiger partial charge is 0.487 e. The van der Waals surface area contributed by atoms with Gasteiger partial charge in [-0.05, 0) is 23.3 Å². The molecule has 0 atom stereocenters. The molecule has 0 aliphatic heterocycles. The third-order valence-corrected chi connectivity index (χ3v) is 2.99. The van der Waals surface area contributed by atoms with Crippen LogP contribution in [-0.2, 0) is 6.61 Å². The van der Waals surface area contributed by atoms with Crippen molar-refractivity contribution < 1.29 is 4.74 Å². The summed E-state index contributed by atoms with van der Waals surface area (Å²) in [4.78, 5) is 11.0. The van der Waals surface area contributed by atoms with Crippen LogP contribution in [0.25, 0.3) is 11.1 Å². The van der Waals surface area contributed by atoms with Crippen molar-refractivity contribution in [3.63, 3.8) is 0 Å². The molecule has 0 spiro atoms. The molecular weight excluding hydrogens is 252 g/mol. The van der Waals surface area contributed by atoms with Crippen LogP contribution in [0.3, 0.4) is 0 Å². The maximum absolute atomic E-state index is 11.0. The fourth-order valence-corrected chi connectivity index (χ4v) is 2.01. The Labute approximate surface area is 116 Å². The molecule has 0 saturated heterocycles. The van der Waals surface area contributed by atoms with E-state index in [1.54, 1.807) is 0 Å². The minimum absolute atomic E-state index is 0.151. The van der Waals surface area contributed by atoms with Crippen molar-refractivity contribution in [2.45, 2.75) is 6.61 Å². The lowest BCUT2D eigenvalue weighted by atomic mass is 10.1. The van der Waals surface area contributed by atoms with Gasteiger partial charge in [0.25, 0.3) is 5.56 Å². The smallest absolute Gasteiger partial charge is 0.264 e. The average molecular weight is 266 g/mol. The van der Waals surface area contributed by atoms with Gasteiger partial charge in [-0.25, -0.2) is 0 Å². The Balaban J connectivity index is 1.76. The number of aromatic amines is 2. The van der Waals surface area contributed by atoms with E-state index in [1.807, 2.05) is 42.5 Å². The van der Waals surface area contributed by atoms with Crippen LogP contribution in [0.5, 0.6) is 5.75 Å². The first kappa shape index (κ1) is 12.3. The van der Waals surface area contributed by atoms with Crippen molar-refractivity contribution >= 4 is 0 Å². The number of hydrogen-bond donors (Lipinski definition) is 2. The van der Waals surface area contributed by atoms with Gasteiger partial charge in [0.05, 0.1) is 5.69 Å². The highest BCUT2D eigenvalue weighted by Crippen LogP contribution is 2.23. The topological polar surface area (TPSA) is 57.9 Å². The standard InChI is InChI=1S/C16H14N2O2/c19-16-10-14(17-18-16)11-20-15-8-4-7-13(9-15)12-5-2-1-3-6-12/h1-10H,11H2,(H2,17,18,19). The average Bonchev–Trinajstić information content (AvgIpc) is 2.92. The lowest BCUT2D eigenvalue weighted by molar-refractivity contribution is 0.301. The molecule has 0 aliphatic rings. The summed E-state index contributed by atoms with van der Waals surface area (Å²) in [6.07, 6.45) is 0. The third kappa shape index (κ3) is 2.80. The molecule has 3 aromatic rings. The van der Waals surface area contributed by atoms with Gasteiger partial charge >= 0.3 is 0 Å². The second-order valence-electron chi connectivity index (χ2n) is 4.47. The molecule has 20 heavy (non-hydrogen) atoms. The number of aromatic nitrogens is 2. The zero-order chi connectivity index (χ0) is 13.8. The molecule has 0 unspecified atom stereocenters. The first-order valence-electron chi connectivity index (χ1n) is 6.36. The van der Waals surface area contributed by atoms with Crippen LogP contribution in [0, 0.1) is 0 Å². The SMILES string of the molecule is O=c1cc(COc2cccc(-c3ccccc3)c2)[nH][nH]1. The van der Waals surface area contributed by atoms with E-state index in [0.29, 0.717) is 6.61 Å². The van der Waals surface area contributed by atoms with E-state index in [9.17, 15) is 4.79 Å². The molecular formula is C16H14N2O2. The van der Waals surface area contributed by atoms with E-state index in [2.05, 4.69) is 22.3 Å². The fraction of sp³-hybridized carbons (Fsp3) is 0.0625. The highest BCUT2D eigenvalue weighted by Gasteiger charge is 2.01. The lowest BCUT2D eigenvalue weighted by Gasteiger charge is -2.07. The first-order valence-corrected chi connectivity index (χ1v) is 6.36. The van der Waals surface area contributed by atoms with E-state index < -0.39 is 0 Å². The number of nitrogens with one attached hydrogen (secondary N) is 2. The van der Waals surface area contributed by atoms with Gasteiger partial charge in [-0.1, -0.05) is 42.5 Å². The Bertz CT molecular complexity index is 744. The number of hydrogen-bond acceptors (Lipinski definition) is 2. The summed E-state index contributed by atoms with van der Waals surface area (Å²) in [6.45, 7) is 0.330. The maximum Gasteiger partial charge on any atom is 0.264 e. The number of rotatable bonds is 4. The zero-order valence-electron chi connectivity index (χ0n) is 10.8. The summed E-state index contributed by atoms with van der Waals surface area (Å²) in [6, 6.07) is 19.5. The van der Waals surface area contributed by atoms with Crippen molar-refractivity contribution in [2.75, 3.05) is 0 Å². The van der Waals surface area contributed by atoms with Crippen molar-refractivity contribution in [1.29, 1.82) is 0 Å². The highest BCUT2D eigenvalue weighted by molar-refractivity contribution is 5.64. The molecule has 2 N–H and O–H groups in total. The maximum atomic E-state index is 11.0. The summed E-state index contributed by atoms with van der Waals surface area (Å²) in [5.74, 6) is 0.772. The van der Waals surface area contributed by atoms with Gasteiger partial charge < -0.3 is 4.74 Å². The second-order valence-corrected chi connectivity index (χ2v) is 4.47. The van der Waals surface area contributed by atoms with Gasteiger partial charge in [-0.3, -0.25) is 15.0 Å². The minimum atomic E-state index is -0.151. The van der Waals surface area contributed by atoms with Crippen LogP contribution in [0.4, 0.5) is 0 Å². The Hall–Kier alpha value is -2.75. The van der Waals surface area contributed by atoms with Gasteiger partial charge in [0.2, 0.25) is 0 Å². The fourth-order valence-electron chi connectivity index (χ4n) is 2.01. The predicted molar refractivity (Wildman–Crippen MR) is 77.6 cm³/mol. The second kappa shape index (κ2) is 5.48. The van der Waals surface area contributed by atoms with Crippen molar-refractivity contribution in [3.05, 3.63) is 76.7 Å². The van der Waals surface area contributed by atoms with E-state index in [1.165, 1.54) is 6.07 Å². The summed E-state index contributed by atoms with van der Waals surface area (Å²) in [5, 5.41) is 5.24. The molecule has 3 rings (SSSR count). The zero-order valence-corrected chi connectivity index (χ0v) is 10.8. The van der Waals surface area contributed by atoms with Gasteiger partial charge in [0, 0.05) is 6.07 Å². The van der Waals surface area contributed by atoms with Gasteiger partial charge in [0.15, 0.2) is 0 Å². The minimum Gasteiger partial charge on any atom is -0.487 e. The van der Waals surface area contributed by atoms with Gasteiger partial charge in [-0.15, -0.1) is 0 Å². The lowest BCUT2D eigenvalue weighted by Crippen LogP contribution is -1.96. The molecule has 0 aliphatic carbocycles. The van der Waals surface area contributed by atoms with E-state index in [-0.39, 0.29) is 5.56 Å². The van der Waals surface area contributed by atoms with E-state index in [0.717, 1.165) is 22.6 Å². The van der Waals surface area contributed by atoms with Crippen molar-refractivity contribution in [2.24, 2.45) is 0 Å². The number of ether oxygens (including phenoxy) is 1. The number of H-pyrrole nitrogens is 2. The molecule has 0 amide bonds. The molecule has 0 bridgehead atoms. The van der Waals surface area contributed by atoms with Crippen LogP contribution in [0.15, 0.2) is 65.5 Å². The first-order chi connectivity index (χ1) is 9.81. The van der Waals surface area contributed by atoms with Crippen LogP contribution in [-0.4, -0.2) is 10.2 Å².